The molecule has 2 heterocycles. The summed E-state index contributed by atoms with van der Waals surface area (Å²) in [5.41, 5.74) is -0.230. The van der Waals surface area contributed by atoms with E-state index in [1.807, 2.05) is 42.5 Å². The first-order chi connectivity index (χ1) is 11.6. The molecule has 0 radical (unpaired) electrons. The lowest BCUT2D eigenvalue weighted by Gasteiger charge is -2.33. The van der Waals surface area contributed by atoms with Crippen molar-refractivity contribution in [2.75, 3.05) is 26.3 Å². The third kappa shape index (κ3) is 2.19. The number of carboxylic acids is 1. The Kier molecular flexibility index (Phi) is 3.53. The molecule has 2 fully saturated rings. The van der Waals surface area contributed by atoms with E-state index in [2.05, 4.69) is 0 Å². The van der Waals surface area contributed by atoms with Crippen molar-refractivity contribution in [1.82, 2.24) is 4.90 Å². The van der Waals surface area contributed by atoms with E-state index >= 15 is 0 Å². The quantitative estimate of drug-likeness (QED) is 0.921. The van der Waals surface area contributed by atoms with Crippen LogP contribution in [0.2, 0.25) is 0 Å². The molecule has 0 aromatic heterocycles. The number of carboxylic acid groups (broad SMARTS) is 1. The third-order valence-corrected chi connectivity index (χ3v) is 5.44. The number of ether oxygens (including phenoxy) is 1. The van der Waals surface area contributed by atoms with Gasteiger partial charge in [0.05, 0.1) is 12.0 Å². The summed E-state index contributed by atoms with van der Waals surface area (Å²) < 4.78 is 5.46. The lowest BCUT2D eigenvalue weighted by molar-refractivity contribution is -0.157. The number of nitrogens with zero attached hydrogens (tertiary/aromatic N) is 1. The number of aliphatic carboxylic acids is 1. The van der Waals surface area contributed by atoms with Crippen LogP contribution in [-0.2, 0) is 9.53 Å². The van der Waals surface area contributed by atoms with E-state index in [0.29, 0.717) is 31.7 Å². The van der Waals surface area contributed by atoms with E-state index in [4.69, 9.17) is 4.74 Å². The van der Waals surface area contributed by atoms with Gasteiger partial charge in [-0.3, -0.25) is 9.59 Å². The van der Waals surface area contributed by atoms with Gasteiger partial charge in [0.25, 0.3) is 5.91 Å². The summed E-state index contributed by atoms with van der Waals surface area (Å²) in [5.74, 6) is -1.05. The minimum absolute atomic E-state index is 0.0955. The van der Waals surface area contributed by atoms with Gasteiger partial charge in [0.15, 0.2) is 0 Å². The second kappa shape index (κ2) is 5.60. The Bertz CT molecular complexity index is 813. The fraction of sp³-hybridized carbons (Fsp3) is 0.368. The molecule has 5 nitrogen and oxygen atoms in total. The normalized spacial score (nSPS) is 26.3. The topological polar surface area (TPSA) is 66.8 Å². The van der Waals surface area contributed by atoms with E-state index < -0.39 is 11.4 Å². The van der Waals surface area contributed by atoms with Crippen molar-refractivity contribution in [2.24, 2.45) is 11.3 Å². The Morgan fingerprint density at radius 2 is 1.96 bits per heavy atom. The molecule has 2 aromatic carbocycles. The second-order valence-electron chi connectivity index (χ2n) is 6.70. The van der Waals surface area contributed by atoms with Crippen molar-refractivity contribution in [2.45, 2.75) is 6.42 Å². The number of fused-ring (bicyclic) bond motifs is 2. The molecular weight excluding hydrogens is 306 g/mol. The smallest absolute Gasteiger partial charge is 0.311 e. The fourth-order valence-electron chi connectivity index (χ4n) is 4.04. The molecule has 1 N–H and O–H groups in total. The van der Waals surface area contributed by atoms with Crippen molar-refractivity contribution in [3.8, 4) is 0 Å². The third-order valence-electron chi connectivity index (χ3n) is 5.44. The first-order valence-electron chi connectivity index (χ1n) is 8.20. The molecule has 2 atom stereocenters. The second-order valence-corrected chi connectivity index (χ2v) is 6.70. The van der Waals surface area contributed by atoms with Gasteiger partial charge in [-0.1, -0.05) is 36.4 Å². The van der Waals surface area contributed by atoms with Crippen LogP contribution < -0.4 is 0 Å². The van der Waals surface area contributed by atoms with E-state index in [-0.39, 0.29) is 18.4 Å². The first-order valence-corrected chi connectivity index (χ1v) is 8.20. The molecule has 0 saturated carbocycles. The van der Waals surface area contributed by atoms with Crippen molar-refractivity contribution in [1.29, 1.82) is 0 Å². The molecule has 0 bridgehead atoms. The van der Waals surface area contributed by atoms with Crippen LogP contribution in [0.15, 0.2) is 42.5 Å². The van der Waals surface area contributed by atoms with Crippen LogP contribution in [0, 0.1) is 11.3 Å². The SMILES string of the molecule is O=C(c1cccc2ccccc12)N1C[C@H]2COCC[C@@]2(C(=O)O)C1. The average molecular weight is 325 g/mol. The molecule has 124 valence electrons. The molecule has 4 rings (SSSR count). The maximum absolute atomic E-state index is 13.1. The Morgan fingerprint density at radius 1 is 1.17 bits per heavy atom. The molecule has 5 heteroatoms. The van der Waals surface area contributed by atoms with E-state index in [1.54, 1.807) is 4.90 Å². The number of rotatable bonds is 2. The Balaban J connectivity index is 1.69. The average Bonchev–Trinajstić information content (AvgIpc) is 3.02. The molecule has 0 unspecified atom stereocenters. The highest BCUT2D eigenvalue weighted by Gasteiger charge is 2.55. The highest BCUT2D eigenvalue weighted by atomic mass is 16.5. The van der Waals surface area contributed by atoms with Crippen LogP contribution >= 0.6 is 0 Å². The Morgan fingerprint density at radius 3 is 2.75 bits per heavy atom. The zero-order valence-electron chi connectivity index (χ0n) is 13.3. The van der Waals surface area contributed by atoms with Gasteiger partial charge >= 0.3 is 5.97 Å². The predicted molar refractivity (Wildman–Crippen MR) is 88.8 cm³/mol. The highest BCUT2D eigenvalue weighted by Crippen LogP contribution is 2.43. The summed E-state index contributed by atoms with van der Waals surface area (Å²) in [6.45, 7) is 1.55. The van der Waals surface area contributed by atoms with Crippen molar-refractivity contribution >= 4 is 22.6 Å². The summed E-state index contributed by atoms with van der Waals surface area (Å²) in [6, 6.07) is 13.4. The van der Waals surface area contributed by atoms with E-state index in [9.17, 15) is 14.7 Å². The summed E-state index contributed by atoms with van der Waals surface area (Å²) in [4.78, 5) is 26.6. The van der Waals surface area contributed by atoms with Crippen LogP contribution in [0.3, 0.4) is 0 Å². The molecule has 2 aliphatic rings. The largest absolute Gasteiger partial charge is 0.481 e. The zero-order chi connectivity index (χ0) is 16.7. The molecule has 0 spiro atoms. The molecule has 24 heavy (non-hydrogen) atoms. The van der Waals surface area contributed by atoms with Crippen LogP contribution in [-0.4, -0.2) is 48.2 Å². The molecule has 2 saturated heterocycles. The zero-order valence-corrected chi connectivity index (χ0v) is 13.3. The standard InChI is InChI=1S/C19H19NO4/c21-17(16-7-3-5-13-4-1-2-6-15(13)16)20-10-14-11-24-9-8-19(14,12-20)18(22)23/h1-7,14H,8-12H2,(H,22,23)/t14-,19+/m0/s1. The van der Waals surface area contributed by atoms with Crippen LogP contribution in [0.25, 0.3) is 10.8 Å². The van der Waals surface area contributed by atoms with Gasteiger partial charge in [-0.25, -0.2) is 0 Å². The van der Waals surface area contributed by atoms with Gasteiger partial charge in [0.2, 0.25) is 0 Å². The maximum Gasteiger partial charge on any atom is 0.311 e. The number of hydrogen-bond donors (Lipinski definition) is 1. The van der Waals surface area contributed by atoms with Gasteiger partial charge in [-0.05, 0) is 23.3 Å². The van der Waals surface area contributed by atoms with Crippen LogP contribution in [0.4, 0.5) is 0 Å². The number of likely N-dealkylation sites (tertiary alicyclic amines) is 1. The molecule has 0 aliphatic carbocycles. The Labute approximate surface area is 139 Å². The van der Waals surface area contributed by atoms with E-state index in [1.165, 1.54) is 0 Å². The minimum atomic E-state index is -0.863. The summed E-state index contributed by atoms with van der Waals surface area (Å²) in [7, 11) is 0. The lowest BCUT2D eigenvalue weighted by atomic mass is 9.74. The fourth-order valence-corrected chi connectivity index (χ4v) is 4.04. The number of amides is 1. The maximum atomic E-state index is 13.1. The van der Waals surface area contributed by atoms with Crippen LogP contribution in [0.1, 0.15) is 16.8 Å². The summed E-state index contributed by atoms with van der Waals surface area (Å²) in [6.07, 6.45) is 0.465. The summed E-state index contributed by atoms with van der Waals surface area (Å²) in [5, 5.41) is 11.7. The minimum Gasteiger partial charge on any atom is -0.481 e. The van der Waals surface area contributed by atoms with Gasteiger partial charge in [-0.2, -0.15) is 0 Å². The van der Waals surface area contributed by atoms with Crippen molar-refractivity contribution < 1.29 is 19.4 Å². The van der Waals surface area contributed by atoms with Crippen LogP contribution in [0.5, 0.6) is 0 Å². The molecular formula is C19H19NO4. The molecule has 1 amide bonds. The number of carbonyl (C=O) groups excluding carboxylic acids is 1. The highest BCUT2D eigenvalue weighted by molar-refractivity contribution is 6.07. The molecule has 2 aliphatic heterocycles. The first kappa shape index (κ1) is 15.1. The molecule has 2 aromatic rings. The predicted octanol–water partition coefficient (Wildman–Crippen LogP) is 2.40. The summed E-state index contributed by atoms with van der Waals surface area (Å²) >= 11 is 0. The van der Waals surface area contributed by atoms with Crippen molar-refractivity contribution in [3.63, 3.8) is 0 Å². The number of benzene rings is 2. The van der Waals surface area contributed by atoms with Gasteiger partial charge in [-0.15, -0.1) is 0 Å². The number of carbonyl (C=O) groups is 2. The van der Waals surface area contributed by atoms with Crippen molar-refractivity contribution in [3.05, 3.63) is 48.0 Å². The van der Waals surface area contributed by atoms with Gasteiger partial charge < -0.3 is 14.7 Å². The Hall–Kier alpha value is -2.40. The van der Waals surface area contributed by atoms with Gasteiger partial charge in [0, 0.05) is 31.2 Å². The lowest BCUT2D eigenvalue weighted by Crippen LogP contribution is -2.45. The number of hydrogen-bond acceptors (Lipinski definition) is 3. The van der Waals surface area contributed by atoms with E-state index in [0.717, 1.165) is 10.8 Å². The van der Waals surface area contributed by atoms with Gasteiger partial charge in [0.1, 0.15) is 0 Å². The monoisotopic (exact) mass is 325 g/mol.